The van der Waals surface area contributed by atoms with Gasteiger partial charge in [-0.3, -0.25) is 10.1 Å². The fraction of sp³-hybridized carbons (Fsp3) is 0.188. The van der Waals surface area contributed by atoms with Crippen LogP contribution in [-0.4, -0.2) is 23.1 Å². The van der Waals surface area contributed by atoms with Crippen molar-refractivity contribution in [3.63, 3.8) is 0 Å². The van der Waals surface area contributed by atoms with E-state index in [2.05, 4.69) is 0 Å². The zero-order valence-electron chi connectivity index (χ0n) is 12.6. The molecule has 2 rings (SSSR count). The number of carbonyl (C=O) groups excluding carboxylic acids is 1. The maximum atomic E-state index is 12.1. The zero-order chi connectivity index (χ0) is 17.0. The first-order valence-corrected chi connectivity index (χ1v) is 6.74. The molecule has 0 unspecified atom stereocenters. The summed E-state index contributed by atoms with van der Waals surface area (Å²) in [5, 5.41) is 20.6. The molecule has 7 nitrogen and oxygen atoms in total. The predicted octanol–water partition coefficient (Wildman–Crippen LogP) is 3.23. The molecule has 0 radical (unpaired) electrons. The highest BCUT2D eigenvalue weighted by Gasteiger charge is 2.19. The number of phenolic OH excluding ortho intramolecular Hbond substituents is 1. The smallest absolute Gasteiger partial charge is 0.342 e. The van der Waals surface area contributed by atoms with Crippen molar-refractivity contribution in [1.29, 1.82) is 0 Å². The number of carbonyl (C=O) groups is 1. The number of rotatable bonds is 5. The lowest BCUT2D eigenvalue weighted by atomic mass is 10.1. The normalized spacial score (nSPS) is 11.6. The number of benzene rings is 2. The van der Waals surface area contributed by atoms with E-state index in [-0.39, 0.29) is 17.0 Å². The van der Waals surface area contributed by atoms with Gasteiger partial charge < -0.3 is 14.6 Å². The Morgan fingerprint density at radius 2 is 2.00 bits per heavy atom. The summed E-state index contributed by atoms with van der Waals surface area (Å²) in [5.74, 6) is -0.587. The Labute approximate surface area is 132 Å². The molecular weight excluding hydrogens is 302 g/mol. The summed E-state index contributed by atoms with van der Waals surface area (Å²) >= 11 is 0. The fourth-order valence-electron chi connectivity index (χ4n) is 1.99. The van der Waals surface area contributed by atoms with Crippen LogP contribution < -0.4 is 4.74 Å². The van der Waals surface area contributed by atoms with Gasteiger partial charge in [0.15, 0.2) is 0 Å². The van der Waals surface area contributed by atoms with Crippen molar-refractivity contribution in [2.75, 3.05) is 7.11 Å². The number of aromatic hydroxyl groups is 1. The summed E-state index contributed by atoms with van der Waals surface area (Å²) in [5.41, 5.74) is 0.390. The highest BCUT2D eigenvalue weighted by atomic mass is 16.6. The molecule has 0 saturated carbocycles. The molecule has 0 bridgehead atoms. The maximum Gasteiger partial charge on any atom is 0.342 e. The van der Waals surface area contributed by atoms with Crippen LogP contribution in [0.15, 0.2) is 42.5 Å². The molecule has 0 aliphatic heterocycles. The number of hydrogen-bond donors (Lipinski definition) is 1. The van der Waals surface area contributed by atoms with Crippen LogP contribution in [0.1, 0.15) is 28.9 Å². The van der Waals surface area contributed by atoms with Crippen molar-refractivity contribution >= 4 is 11.7 Å². The molecule has 1 N–H and O–H groups in total. The van der Waals surface area contributed by atoms with Gasteiger partial charge in [0.25, 0.3) is 5.69 Å². The van der Waals surface area contributed by atoms with E-state index in [0.29, 0.717) is 11.3 Å². The van der Waals surface area contributed by atoms with Crippen molar-refractivity contribution in [1.82, 2.24) is 0 Å². The maximum absolute atomic E-state index is 12.1. The highest BCUT2D eigenvalue weighted by Crippen LogP contribution is 2.27. The molecule has 120 valence electrons. The van der Waals surface area contributed by atoms with Gasteiger partial charge >= 0.3 is 5.97 Å². The molecule has 0 fully saturated rings. The van der Waals surface area contributed by atoms with E-state index in [1.54, 1.807) is 13.0 Å². The average molecular weight is 317 g/mol. The van der Waals surface area contributed by atoms with E-state index < -0.39 is 17.0 Å². The Morgan fingerprint density at radius 1 is 1.26 bits per heavy atom. The largest absolute Gasteiger partial charge is 0.507 e. The summed E-state index contributed by atoms with van der Waals surface area (Å²) < 4.78 is 10.2. The van der Waals surface area contributed by atoms with Crippen LogP contribution in [0.4, 0.5) is 5.69 Å². The highest BCUT2D eigenvalue weighted by molar-refractivity contribution is 5.92. The molecule has 7 heteroatoms. The van der Waals surface area contributed by atoms with Gasteiger partial charge in [-0.1, -0.05) is 12.1 Å². The zero-order valence-corrected chi connectivity index (χ0v) is 12.6. The Morgan fingerprint density at radius 3 is 2.61 bits per heavy atom. The van der Waals surface area contributed by atoms with Crippen LogP contribution >= 0.6 is 0 Å². The molecule has 2 aromatic rings. The van der Waals surface area contributed by atoms with E-state index in [4.69, 9.17) is 9.47 Å². The Bertz CT molecular complexity index is 743. The van der Waals surface area contributed by atoms with Crippen LogP contribution in [0.2, 0.25) is 0 Å². The van der Waals surface area contributed by atoms with Gasteiger partial charge in [-0.25, -0.2) is 4.79 Å². The van der Waals surface area contributed by atoms with E-state index in [9.17, 15) is 20.0 Å². The predicted molar refractivity (Wildman–Crippen MR) is 81.6 cm³/mol. The van der Waals surface area contributed by atoms with Crippen molar-refractivity contribution in [2.45, 2.75) is 13.0 Å². The van der Waals surface area contributed by atoms with Crippen molar-refractivity contribution < 1.29 is 24.3 Å². The second-order valence-electron chi connectivity index (χ2n) is 4.78. The number of esters is 1. The summed E-state index contributed by atoms with van der Waals surface area (Å²) in [7, 11) is 1.44. The summed E-state index contributed by atoms with van der Waals surface area (Å²) in [6.45, 7) is 1.59. The van der Waals surface area contributed by atoms with Crippen molar-refractivity contribution in [3.05, 3.63) is 63.7 Å². The van der Waals surface area contributed by atoms with E-state index >= 15 is 0 Å². The lowest BCUT2D eigenvalue weighted by molar-refractivity contribution is -0.385. The quantitative estimate of drug-likeness (QED) is 0.516. The van der Waals surface area contributed by atoms with Gasteiger partial charge in [-0.05, 0) is 24.6 Å². The van der Waals surface area contributed by atoms with Gasteiger partial charge in [0, 0.05) is 18.2 Å². The number of ether oxygens (including phenoxy) is 2. The molecular formula is C16H15NO6. The summed E-state index contributed by atoms with van der Waals surface area (Å²) in [6.07, 6.45) is -0.705. The molecule has 0 heterocycles. The SMILES string of the molecule is COc1ccc(C(=O)O[C@@H](C)c2cccc([N+](=O)[O-])c2)c(O)c1. The van der Waals surface area contributed by atoms with E-state index in [0.717, 1.165) is 0 Å². The van der Waals surface area contributed by atoms with E-state index in [1.165, 1.54) is 43.5 Å². The Kier molecular flexibility index (Phi) is 4.80. The van der Waals surface area contributed by atoms with Crippen LogP contribution in [-0.2, 0) is 4.74 Å². The fourth-order valence-corrected chi connectivity index (χ4v) is 1.99. The van der Waals surface area contributed by atoms with Gasteiger partial charge in [-0.2, -0.15) is 0 Å². The van der Waals surface area contributed by atoms with Crippen LogP contribution in [0.3, 0.4) is 0 Å². The molecule has 23 heavy (non-hydrogen) atoms. The molecule has 2 aromatic carbocycles. The lowest BCUT2D eigenvalue weighted by Gasteiger charge is -2.14. The number of nitrogens with zero attached hydrogens (tertiary/aromatic N) is 1. The summed E-state index contributed by atoms with van der Waals surface area (Å²) in [6, 6.07) is 10.0. The average Bonchev–Trinajstić information content (AvgIpc) is 2.54. The molecule has 0 spiro atoms. The van der Waals surface area contributed by atoms with Crippen LogP contribution in [0.25, 0.3) is 0 Å². The standard InChI is InChI=1S/C16H15NO6/c1-10(11-4-3-5-12(8-11)17(20)21)23-16(19)14-7-6-13(22-2)9-15(14)18/h3-10,18H,1-2H3/t10-/m0/s1. The first-order valence-electron chi connectivity index (χ1n) is 6.74. The van der Waals surface area contributed by atoms with Crippen LogP contribution in [0.5, 0.6) is 11.5 Å². The number of non-ortho nitro benzene ring substituents is 1. The minimum atomic E-state index is -0.732. The molecule has 0 saturated heterocycles. The number of nitro groups is 1. The van der Waals surface area contributed by atoms with Crippen molar-refractivity contribution in [2.24, 2.45) is 0 Å². The minimum absolute atomic E-state index is 0.0110. The second kappa shape index (κ2) is 6.78. The van der Waals surface area contributed by atoms with Gasteiger partial charge in [-0.15, -0.1) is 0 Å². The Balaban J connectivity index is 2.16. The number of nitro benzene ring substituents is 1. The summed E-state index contributed by atoms with van der Waals surface area (Å²) in [4.78, 5) is 22.4. The van der Waals surface area contributed by atoms with Gasteiger partial charge in [0.1, 0.15) is 23.2 Å². The number of phenols is 1. The molecule has 0 aliphatic rings. The molecule has 0 aliphatic carbocycles. The third-order valence-corrected chi connectivity index (χ3v) is 3.26. The molecule has 1 atom stereocenters. The lowest BCUT2D eigenvalue weighted by Crippen LogP contribution is -2.09. The number of methoxy groups -OCH3 is 1. The molecule has 0 aromatic heterocycles. The van der Waals surface area contributed by atoms with Crippen molar-refractivity contribution in [3.8, 4) is 11.5 Å². The second-order valence-corrected chi connectivity index (χ2v) is 4.78. The third-order valence-electron chi connectivity index (χ3n) is 3.26. The topological polar surface area (TPSA) is 98.9 Å². The van der Waals surface area contributed by atoms with Crippen LogP contribution in [0, 0.1) is 10.1 Å². The first-order chi connectivity index (χ1) is 10.9. The number of hydrogen-bond acceptors (Lipinski definition) is 6. The third kappa shape index (κ3) is 3.76. The molecule has 0 amide bonds. The van der Waals surface area contributed by atoms with E-state index in [1.807, 2.05) is 0 Å². The van der Waals surface area contributed by atoms with Gasteiger partial charge in [0.2, 0.25) is 0 Å². The van der Waals surface area contributed by atoms with Gasteiger partial charge in [0.05, 0.1) is 12.0 Å². The first kappa shape index (κ1) is 16.3. The minimum Gasteiger partial charge on any atom is -0.507 e. The Hall–Kier alpha value is -3.09. The monoisotopic (exact) mass is 317 g/mol.